The van der Waals surface area contributed by atoms with E-state index in [1.807, 2.05) is 12.1 Å². The molecule has 2 heterocycles. The van der Waals surface area contributed by atoms with Gasteiger partial charge in [0.05, 0.1) is 14.2 Å². The third kappa shape index (κ3) is 2.06. The van der Waals surface area contributed by atoms with Crippen LogP contribution >= 0.6 is 0 Å². The molecule has 1 N–H and O–H groups in total. The molecule has 0 bridgehead atoms. The smallest absolute Gasteiger partial charge is 0.317 e. The van der Waals surface area contributed by atoms with Crippen molar-refractivity contribution in [1.82, 2.24) is 10.3 Å². The fourth-order valence-electron chi connectivity index (χ4n) is 2.53. The highest BCUT2D eigenvalue weighted by molar-refractivity contribution is 5.84. The first kappa shape index (κ1) is 12.8. The zero-order valence-corrected chi connectivity index (χ0v) is 10.7. The molecule has 1 aromatic rings. The van der Waals surface area contributed by atoms with Crippen molar-refractivity contribution in [2.75, 3.05) is 27.3 Å². The molecule has 1 fully saturated rings. The normalized spacial score (nSPS) is 23.4. The molecular formula is C13H18N2O3. The van der Waals surface area contributed by atoms with Crippen LogP contribution in [0, 0.1) is 0 Å². The fraction of sp³-hybridized carbons (Fsp3) is 0.538. The van der Waals surface area contributed by atoms with E-state index in [1.165, 1.54) is 7.11 Å². The van der Waals surface area contributed by atoms with E-state index in [2.05, 4.69) is 10.3 Å². The Morgan fingerprint density at radius 3 is 2.94 bits per heavy atom. The number of nitrogens with one attached hydrogen (secondary N) is 1. The molecule has 0 aliphatic carbocycles. The molecule has 0 aromatic carbocycles. The summed E-state index contributed by atoms with van der Waals surface area (Å²) in [5.41, 5.74) is 0.110. The lowest BCUT2D eigenvalue weighted by Crippen LogP contribution is -2.49. The van der Waals surface area contributed by atoms with Crippen LogP contribution in [0.25, 0.3) is 0 Å². The van der Waals surface area contributed by atoms with Crippen molar-refractivity contribution in [2.24, 2.45) is 0 Å². The van der Waals surface area contributed by atoms with E-state index in [9.17, 15) is 4.79 Å². The maximum atomic E-state index is 12.2. The number of esters is 1. The van der Waals surface area contributed by atoms with Crippen LogP contribution in [0.15, 0.2) is 18.3 Å². The molecule has 98 valence electrons. The molecule has 1 aliphatic heterocycles. The summed E-state index contributed by atoms with van der Waals surface area (Å²) in [7, 11) is 2.98. The fourth-order valence-corrected chi connectivity index (χ4v) is 2.53. The number of carbonyl (C=O) groups is 1. The number of ether oxygens (including phenoxy) is 2. The predicted octanol–water partition coefficient (Wildman–Crippen LogP) is 0.884. The Hall–Kier alpha value is -1.62. The van der Waals surface area contributed by atoms with Crippen molar-refractivity contribution >= 4 is 5.97 Å². The van der Waals surface area contributed by atoms with Gasteiger partial charge >= 0.3 is 5.97 Å². The highest BCUT2D eigenvalue weighted by atomic mass is 16.5. The van der Waals surface area contributed by atoms with Crippen LogP contribution in [0.3, 0.4) is 0 Å². The van der Waals surface area contributed by atoms with Crippen molar-refractivity contribution in [3.05, 3.63) is 23.9 Å². The van der Waals surface area contributed by atoms with Gasteiger partial charge in [-0.2, -0.15) is 0 Å². The van der Waals surface area contributed by atoms with E-state index in [0.717, 1.165) is 24.9 Å². The lowest BCUT2D eigenvalue weighted by Gasteiger charge is -2.35. The van der Waals surface area contributed by atoms with E-state index < -0.39 is 5.41 Å². The number of hydrogen-bond acceptors (Lipinski definition) is 5. The summed E-state index contributed by atoms with van der Waals surface area (Å²) in [4.78, 5) is 16.4. The van der Waals surface area contributed by atoms with Crippen molar-refractivity contribution in [1.29, 1.82) is 0 Å². The van der Waals surface area contributed by atoms with Crippen LogP contribution < -0.4 is 10.1 Å². The molecule has 1 aromatic heterocycles. The van der Waals surface area contributed by atoms with E-state index in [0.29, 0.717) is 12.4 Å². The number of rotatable bonds is 3. The molecule has 1 aliphatic rings. The molecule has 1 atom stereocenters. The standard InChI is InChI=1S/C13H18N2O3/c1-17-11-10(5-3-8-15-11)13(12(16)18-2)6-4-7-14-9-13/h3,5,8,14H,4,6-7,9H2,1-2H3. The SMILES string of the molecule is COC(=O)C1(c2cccnc2OC)CCCNC1. The maximum Gasteiger partial charge on any atom is 0.317 e. The van der Waals surface area contributed by atoms with E-state index in [4.69, 9.17) is 9.47 Å². The Balaban J connectivity index is 2.48. The third-order valence-corrected chi connectivity index (χ3v) is 3.44. The molecule has 2 rings (SSSR count). The summed E-state index contributed by atoms with van der Waals surface area (Å²) in [6.45, 7) is 1.48. The monoisotopic (exact) mass is 250 g/mol. The second kappa shape index (κ2) is 5.35. The van der Waals surface area contributed by atoms with Gasteiger partial charge in [0.25, 0.3) is 0 Å². The van der Waals surface area contributed by atoms with E-state index in [1.54, 1.807) is 13.3 Å². The van der Waals surface area contributed by atoms with Gasteiger partial charge in [-0.1, -0.05) is 6.07 Å². The molecule has 0 amide bonds. The highest BCUT2D eigenvalue weighted by Gasteiger charge is 2.44. The van der Waals surface area contributed by atoms with Gasteiger partial charge in [-0.25, -0.2) is 4.98 Å². The zero-order valence-electron chi connectivity index (χ0n) is 10.7. The maximum absolute atomic E-state index is 12.2. The average molecular weight is 250 g/mol. The first-order chi connectivity index (χ1) is 8.74. The van der Waals surface area contributed by atoms with Gasteiger partial charge in [0, 0.05) is 18.3 Å². The molecule has 5 nitrogen and oxygen atoms in total. The van der Waals surface area contributed by atoms with Crippen LogP contribution in [-0.4, -0.2) is 38.3 Å². The molecule has 0 saturated carbocycles. The van der Waals surface area contributed by atoms with E-state index >= 15 is 0 Å². The largest absolute Gasteiger partial charge is 0.481 e. The predicted molar refractivity (Wildman–Crippen MR) is 66.6 cm³/mol. The first-order valence-electron chi connectivity index (χ1n) is 6.03. The van der Waals surface area contributed by atoms with Crippen LogP contribution in [0.5, 0.6) is 5.88 Å². The Labute approximate surface area is 107 Å². The Kier molecular flexibility index (Phi) is 3.81. The summed E-state index contributed by atoms with van der Waals surface area (Å²) in [5.74, 6) is 0.257. The van der Waals surface area contributed by atoms with Crippen LogP contribution in [-0.2, 0) is 14.9 Å². The molecule has 0 radical (unpaired) electrons. The second-order valence-corrected chi connectivity index (χ2v) is 4.41. The number of piperidine rings is 1. The summed E-state index contributed by atoms with van der Waals surface area (Å²) < 4.78 is 10.3. The quantitative estimate of drug-likeness (QED) is 0.807. The number of nitrogens with zero attached hydrogens (tertiary/aromatic N) is 1. The minimum absolute atomic E-state index is 0.235. The van der Waals surface area contributed by atoms with Crippen LogP contribution in [0.4, 0.5) is 0 Å². The number of hydrogen-bond donors (Lipinski definition) is 1. The van der Waals surface area contributed by atoms with Gasteiger partial charge < -0.3 is 14.8 Å². The topological polar surface area (TPSA) is 60.5 Å². The van der Waals surface area contributed by atoms with E-state index in [-0.39, 0.29) is 5.97 Å². The van der Waals surface area contributed by atoms with Crippen molar-refractivity contribution in [2.45, 2.75) is 18.3 Å². The van der Waals surface area contributed by atoms with Gasteiger partial charge in [-0.05, 0) is 25.5 Å². The zero-order chi connectivity index (χ0) is 13.0. The minimum atomic E-state index is -0.688. The van der Waals surface area contributed by atoms with Gasteiger partial charge in [-0.15, -0.1) is 0 Å². The third-order valence-electron chi connectivity index (χ3n) is 3.44. The molecule has 1 saturated heterocycles. The molecule has 5 heteroatoms. The lowest BCUT2D eigenvalue weighted by molar-refractivity contribution is -0.148. The summed E-state index contributed by atoms with van der Waals surface area (Å²) in [6, 6.07) is 3.70. The van der Waals surface area contributed by atoms with Gasteiger partial charge in [0.15, 0.2) is 0 Å². The Morgan fingerprint density at radius 2 is 2.33 bits per heavy atom. The second-order valence-electron chi connectivity index (χ2n) is 4.41. The lowest BCUT2D eigenvalue weighted by atomic mass is 9.75. The van der Waals surface area contributed by atoms with Gasteiger partial charge in [-0.3, -0.25) is 4.79 Å². The Morgan fingerprint density at radius 1 is 1.50 bits per heavy atom. The number of carbonyl (C=O) groups excluding carboxylic acids is 1. The first-order valence-corrected chi connectivity index (χ1v) is 6.03. The summed E-state index contributed by atoms with van der Waals surface area (Å²) in [5, 5.41) is 3.26. The Bertz CT molecular complexity index is 428. The number of pyridine rings is 1. The van der Waals surface area contributed by atoms with Gasteiger partial charge in [0.1, 0.15) is 5.41 Å². The summed E-state index contributed by atoms with van der Waals surface area (Å²) in [6.07, 6.45) is 3.32. The minimum Gasteiger partial charge on any atom is -0.481 e. The molecule has 1 unspecified atom stereocenters. The molecular weight excluding hydrogens is 232 g/mol. The van der Waals surface area contributed by atoms with Crippen molar-refractivity contribution < 1.29 is 14.3 Å². The molecule has 0 spiro atoms. The van der Waals surface area contributed by atoms with Crippen molar-refractivity contribution in [3.63, 3.8) is 0 Å². The van der Waals surface area contributed by atoms with Gasteiger partial charge in [0.2, 0.25) is 5.88 Å². The number of aromatic nitrogens is 1. The average Bonchev–Trinajstić information content (AvgIpc) is 2.47. The van der Waals surface area contributed by atoms with Crippen LogP contribution in [0.1, 0.15) is 18.4 Å². The van der Waals surface area contributed by atoms with Crippen LogP contribution in [0.2, 0.25) is 0 Å². The molecule has 18 heavy (non-hydrogen) atoms. The highest BCUT2D eigenvalue weighted by Crippen LogP contribution is 2.36. The van der Waals surface area contributed by atoms with Crippen molar-refractivity contribution in [3.8, 4) is 5.88 Å². The summed E-state index contributed by atoms with van der Waals surface area (Å²) >= 11 is 0. The number of methoxy groups -OCH3 is 2.